The predicted molar refractivity (Wildman–Crippen MR) is 295 cm³/mol. The van der Waals surface area contributed by atoms with Gasteiger partial charge in [-0.3, -0.25) is 38.6 Å². The second-order valence-electron chi connectivity index (χ2n) is 16.2. The molecule has 4 atom stereocenters. The highest BCUT2D eigenvalue weighted by Gasteiger charge is 2.21. The minimum atomic E-state index is -1.19. The Kier molecular flexibility index (Phi) is 57.7. The fraction of sp³-hybridized carbons (Fsp3) is 0.830. The first-order chi connectivity index (χ1) is 34.7. The Hall–Kier alpha value is -2.42. The number of halogens is 1. The third kappa shape index (κ3) is 53.9. The van der Waals surface area contributed by atoms with Gasteiger partial charge in [0.2, 0.25) is 28.7 Å². The van der Waals surface area contributed by atoms with Crippen molar-refractivity contribution in [2.45, 2.75) is 167 Å². The van der Waals surface area contributed by atoms with Gasteiger partial charge >= 0.3 is 17.9 Å². The molecule has 0 saturated carbocycles. The second kappa shape index (κ2) is 56.3. The summed E-state index contributed by atoms with van der Waals surface area (Å²) in [6, 6.07) is -1.88. The van der Waals surface area contributed by atoms with E-state index >= 15 is 0 Å². The van der Waals surface area contributed by atoms with Crippen LogP contribution in [-0.2, 0) is 57.3 Å². The van der Waals surface area contributed by atoms with Gasteiger partial charge in [0.1, 0.15) is 25.3 Å². The van der Waals surface area contributed by atoms with Crippen molar-refractivity contribution in [2.75, 3.05) is 84.5 Å². The molecule has 0 fully saturated rings. The Labute approximate surface area is 454 Å². The average molecular weight is 1200 g/mol. The molecule has 0 bridgehead atoms. The molecule has 0 aliphatic heterocycles. The van der Waals surface area contributed by atoms with Gasteiger partial charge in [0.25, 0.3) is 0 Å². The molecule has 21 nitrogen and oxygen atoms in total. The third-order valence-corrected chi connectivity index (χ3v) is 12.3. The van der Waals surface area contributed by atoms with Crippen LogP contribution in [0, 0.1) is 0 Å². The van der Waals surface area contributed by atoms with Gasteiger partial charge in [-0.05, 0) is 44.8 Å². The summed E-state index contributed by atoms with van der Waals surface area (Å²) >= 11 is 7.27. The van der Waals surface area contributed by atoms with Gasteiger partial charge in [-0.25, -0.2) is 8.32 Å². The van der Waals surface area contributed by atoms with Crippen molar-refractivity contribution < 1.29 is 72.6 Å². The Morgan fingerprint density at radius 3 is 1.35 bits per heavy atom. The first-order valence-electron chi connectivity index (χ1n) is 25.3. The number of unbranched alkanes of at least 4 members (excludes halogenated alkanes) is 14. The van der Waals surface area contributed by atoms with Crippen LogP contribution in [-0.4, -0.2) is 165 Å². The Morgan fingerprint density at radius 1 is 0.514 bits per heavy atom. The minimum absolute atomic E-state index is 0.0309. The van der Waals surface area contributed by atoms with Crippen molar-refractivity contribution >= 4 is 103 Å². The number of thiol groups is 1. The van der Waals surface area contributed by atoms with Crippen LogP contribution in [0.1, 0.15) is 149 Å². The Bertz CT molecular complexity index is 1420. The van der Waals surface area contributed by atoms with Crippen LogP contribution in [0.25, 0.3) is 0 Å². The Morgan fingerprint density at radius 2 is 0.944 bits per heavy atom. The van der Waals surface area contributed by atoms with E-state index in [0.29, 0.717) is 32.2 Å². The third-order valence-electron chi connectivity index (χ3n) is 10.2. The van der Waals surface area contributed by atoms with Crippen LogP contribution in [0.3, 0.4) is 0 Å². The van der Waals surface area contributed by atoms with E-state index in [1.165, 1.54) is 38.5 Å². The zero-order valence-corrected chi connectivity index (χ0v) is 48.1. The number of amides is 4. The summed E-state index contributed by atoms with van der Waals surface area (Å²) in [6.07, 6.45) is 19.1. The van der Waals surface area contributed by atoms with Crippen LogP contribution in [0.5, 0.6) is 0 Å². The molecule has 0 saturated heterocycles. The van der Waals surface area contributed by atoms with Crippen LogP contribution in [0.15, 0.2) is 0 Å². The van der Waals surface area contributed by atoms with E-state index in [-0.39, 0.29) is 126 Å². The summed E-state index contributed by atoms with van der Waals surface area (Å²) in [7, 11) is 2.19. The molecule has 422 valence electrons. The average Bonchev–Trinajstić information content (AvgIpc) is 3.34. The van der Waals surface area contributed by atoms with Gasteiger partial charge in [-0.2, -0.15) is 11.8 Å². The molecule has 0 rings (SSSR count). The number of thioether (sulfide) groups is 1. The molecule has 4 amide bonds. The summed E-state index contributed by atoms with van der Waals surface area (Å²) in [6.45, 7) is 5.84. The Balaban J connectivity index is -0.00000386. The number of rotatable bonds is 49. The first kappa shape index (κ1) is 73.8. The number of ether oxygens (including phenoxy) is 4. The maximum Gasteiger partial charge on any atom is 0.326 e. The lowest BCUT2D eigenvalue weighted by Gasteiger charge is -2.14. The summed E-state index contributed by atoms with van der Waals surface area (Å²) < 4.78 is 24.1. The number of hydrogen-bond donors (Lipinski definition) is 10. The first-order valence-corrected chi connectivity index (χ1v) is 28.8. The second-order valence-corrected chi connectivity index (χ2v) is 18.5. The van der Waals surface area contributed by atoms with Crippen LogP contribution < -0.4 is 29.9 Å². The zero-order valence-electron chi connectivity index (χ0n) is 43.1. The summed E-state index contributed by atoms with van der Waals surface area (Å²) in [5.41, 5.74) is 0. The van der Waals surface area contributed by atoms with Crippen molar-refractivity contribution in [3.63, 3.8) is 0 Å². The van der Waals surface area contributed by atoms with Crippen LogP contribution in [0.4, 0.5) is 0 Å². The van der Waals surface area contributed by atoms with Crippen molar-refractivity contribution in [3.8, 4) is 0 Å². The summed E-state index contributed by atoms with van der Waals surface area (Å²) in [5, 5.41) is 40.2. The minimum Gasteiger partial charge on any atom is -0.481 e. The molecule has 0 radical (unpaired) electrons. The quantitative estimate of drug-likeness (QED) is 0.0123. The van der Waals surface area contributed by atoms with E-state index in [4.69, 9.17) is 29.2 Å². The maximum atomic E-state index is 12.3. The number of carbonyl (C=O) groups is 8. The van der Waals surface area contributed by atoms with E-state index in [2.05, 4.69) is 51.9 Å². The molecule has 72 heavy (non-hydrogen) atoms. The summed E-state index contributed by atoms with van der Waals surface area (Å²) in [4.78, 5) is 91.8. The van der Waals surface area contributed by atoms with Crippen LogP contribution in [0.2, 0.25) is 0 Å². The molecule has 25 heteroatoms. The van der Waals surface area contributed by atoms with Gasteiger partial charge in [-0.1, -0.05) is 100 Å². The molecule has 0 spiro atoms. The highest BCUT2D eigenvalue weighted by Crippen LogP contribution is 2.14. The van der Waals surface area contributed by atoms with Crippen molar-refractivity contribution in [1.29, 1.82) is 0 Å². The monoisotopic (exact) mass is 1200 g/mol. The lowest BCUT2D eigenvalue weighted by molar-refractivity contribution is -0.142. The van der Waals surface area contributed by atoms with Crippen molar-refractivity contribution in [2.24, 2.45) is 0 Å². The number of hydrogen-bond acceptors (Lipinski definition) is 15. The predicted octanol–water partition coefficient (Wildman–Crippen LogP) is 5.22. The normalized spacial score (nSPS) is 11.9. The van der Waals surface area contributed by atoms with Crippen LogP contribution >= 0.6 is 56.6 Å². The zero-order chi connectivity index (χ0) is 54.5. The van der Waals surface area contributed by atoms with Gasteiger partial charge in [0.05, 0.1) is 45.7 Å². The highest BCUT2D eigenvalue weighted by molar-refractivity contribution is 14.1. The maximum absolute atomic E-state index is 12.3. The van der Waals surface area contributed by atoms with Gasteiger partial charge < -0.3 is 55.5 Å². The van der Waals surface area contributed by atoms with Gasteiger partial charge in [0.15, 0.2) is 0 Å². The molecule has 4 unspecified atom stereocenters. The topological polar surface area (TPSA) is 306 Å². The van der Waals surface area contributed by atoms with Gasteiger partial charge in [-0.15, -0.1) is 12.6 Å². The smallest absolute Gasteiger partial charge is 0.326 e. The lowest BCUT2D eigenvalue weighted by atomic mass is 10.0. The lowest BCUT2D eigenvalue weighted by Crippen LogP contribution is -2.41. The highest BCUT2D eigenvalue weighted by atomic mass is 127. The molecular formula is C47H90IN6O15PS2. The molecule has 0 aromatic rings. The molecule has 0 heterocycles. The molecule has 0 aliphatic carbocycles. The van der Waals surface area contributed by atoms with Crippen molar-refractivity contribution in [1.82, 2.24) is 29.9 Å². The van der Waals surface area contributed by atoms with E-state index in [0.717, 1.165) is 50.7 Å². The number of carboxylic acids is 3. The molecule has 0 aromatic heterocycles. The number of nitrogens with one attached hydrogen (secondary N) is 6. The number of aliphatic carboxylic acids is 3. The van der Waals surface area contributed by atoms with E-state index in [1.54, 1.807) is 11.8 Å². The largest absolute Gasteiger partial charge is 0.481 e. The molecule has 0 aliphatic rings. The fourth-order valence-electron chi connectivity index (χ4n) is 6.26. The number of carboxylic acid groups (broad SMARTS) is 3. The SMILES string of the molecule is CC.CSCC(NI)C(=O)S.O=C(O)CCCCCCCCCCCCCCCCC(=O)NC(CCC(=O)NCCOCCOCC(=O)NCCOCCOCC(=O)NCCCCC(NP)C(=O)O)C(=O)O. The molecular weight excluding hydrogens is 1110 g/mol. The number of carbonyl (C=O) groups excluding carboxylic acids is 5. The standard InChI is InChI=1S/C41H76N5O14P.C4H8INOS2.C2H6/c47-35(21-20-33(40(53)54)45-36(48)18-13-11-9-7-5-3-1-2-4-6-8-10-12-14-19-39(51)52)43-23-25-57-27-30-60-32-38(50)44-24-26-58-28-29-59-31-37(49)42-22-16-15-17-34(46-61)41(55)56;1-9-2-3(6-5)4(7)8;1-2/h33-34,46H,1-32,61H2,(H,42,49)(H,43,47)(H,44,50)(H,45,48)(H,51,52)(H,53,54)(H,55,56);3,6H,2H2,1H3,(H,7,8);1-2H3. The van der Waals surface area contributed by atoms with Gasteiger partial charge in [0, 0.05) is 67.5 Å². The molecule has 9 N–H and O–H groups in total. The van der Waals surface area contributed by atoms with Crippen molar-refractivity contribution in [3.05, 3.63) is 0 Å². The van der Waals surface area contributed by atoms with E-state index in [9.17, 15) is 43.5 Å². The van der Waals surface area contributed by atoms with E-state index < -0.39 is 30.0 Å². The molecule has 0 aromatic carbocycles. The van der Waals surface area contributed by atoms with E-state index in [1.807, 2.05) is 43.0 Å². The summed E-state index contributed by atoms with van der Waals surface area (Å²) in [5.74, 6) is -3.34. The fourth-order valence-corrected chi connectivity index (χ4v) is 8.47.